The monoisotopic (exact) mass is 416 g/mol. The van der Waals surface area contributed by atoms with Crippen molar-refractivity contribution < 1.29 is 14.3 Å². The predicted molar refractivity (Wildman–Crippen MR) is 112 cm³/mol. The SMILES string of the molecule is COc1cccc(Nc2nnc(SCC(=O)c3[nH]c(C)c(C(C)=O)c3C)s2)c1. The number of aromatic amines is 1. The van der Waals surface area contributed by atoms with Crippen molar-refractivity contribution in [1.29, 1.82) is 0 Å². The van der Waals surface area contributed by atoms with Crippen LogP contribution in [0.5, 0.6) is 5.75 Å². The molecule has 0 aliphatic heterocycles. The Labute approximate surface area is 170 Å². The van der Waals surface area contributed by atoms with Crippen molar-refractivity contribution in [3.8, 4) is 5.75 Å². The minimum Gasteiger partial charge on any atom is -0.497 e. The molecule has 0 unspecified atom stereocenters. The number of nitrogens with zero attached hydrogens (tertiary/aromatic N) is 2. The Morgan fingerprint density at radius 2 is 2.07 bits per heavy atom. The molecular weight excluding hydrogens is 396 g/mol. The number of aromatic nitrogens is 3. The Hall–Kier alpha value is -2.65. The summed E-state index contributed by atoms with van der Waals surface area (Å²) in [6.45, 7) is 5.10. The molecule has 2 aromatic heterocycles. The van der Waals surface area contributed by atoms with Crippen LogP contribution in [0.25, 0.3) is 0 Å². The van der Waals surface area contributed by atoms with Crippen LogP contribution < -0.4 is 10.1 Å². The third-order valence-electron chi connectivity index (χ3n) is 4.12. The summed E-state index contributed by atoms with van der Waals surface area (Å²) in [5.41, 5.74) is 3.34. The van der Waals surface area contributed by atoms with Gasteiger partial charge in [0, 0.05) is 23.0 Å². The van der Waals surface area contributed by atoms with Crippen molar-refractivity contribution in [3.63, 3.8) is 0 Å². The minimum atomic E-state index is -0.0735. The van der Waals surface area contributed by atoms with E-state index in [0.29, 0.717) is 26.3 Å². The second-order valence-corrected chi connectivity index (χ2v) is 8.32. The average Bonchev–Trinajstić information content (AvgIpc) is 3.23. The second-order valence-electron chi connectivity index (χ2n) is 6.12. The Morgan fingerprint density at radius 1 is 1.29 bits per heavy atom. The third kappa shape index (κ3) is 4.42. The number of hydrogen-bond donors (Lipinski definition) is 2. The molecule has 3 rings (SSSR count). The topological polar surface area (TPSA) is 97.0 Å². The Morgan fingerprint density at radius 3 is 2.75 bits per heavy atom. The van der Waals surface area contributed by atoms with E-state index < -0.39 is 0 Å². The Balaban J connectivity index is 1.63. The normalized spacial score (nSPS) is 10.7. The van der Waals surface area contributed by atoms with Gasteiger partial charge in [-0.1, -0.05) is 29.2 Å². The molecule has 0 spiro atoms. The molecule has 146 valence electrons. The number of hydrogen-bond acceptors (Lipinski definition) is 8. The van der Waals surface area contributed by atoms with Crippen LogP contribution in [0.1, 0.15) is 39.0 Å². The van der Waals surface area contributed by atoms with Crippen LogP contribution in [0.3, 0.4) is 0 Å². The van der Waals surface area contributed by atoms with Crippen molar-refractivity contribution >= 4 is 45.5 Å². The molecule has 2 N–H and O–H groups in total. The van der Waals surface area contributed by atoms with Gasteiger partial charge in [-0.2, -0.15) is 0 Å². The smallest absolute Gasteiger partial charge is 0.210 e. The number of Topliss-reactive ketones (excluding diaryl/α,β-unsaturated/α-hetero) is 2. The molecule has 3 aromatic rings. The number of benzene rings is 1. The number of H-pyrrole nitrogens is 1. The van der Waals surface area contributed by atoms with E-state index in [4.69, 9.17) is 4.74 Å². The zero-order valence-corrected chi connectivity index (χ0v) is 17.6. The molecule has 0 atom stereocenters. The number of ketones is 2. The van der Waals surface area contributed by atoms with Gasteiger partial charge in [0.25, 0.3) is 0 Å². The number of methoxy groups -OCH3 is 1. The van der Waals surface area contributed by atoms with Crippen molar-refractivity contribution in [2.45, 2.75) is 25.1 Å². The Bertz CT molecular complexity index is 1030. The fourth-order valence-corrected chi connectivity index (χ4v) is 4.54. The standard InChI is InChI=1S/C19H20N4O3S2/c1-10-16(12(3)24)11(2)20-17(10)15(25)9-27-19-23-22-18(28-19)21-13-6-5-7-14(8-13)26-4/h5-8,20H,9H2,1-4H3,(H,21,22). The van der Waals surface area contributed by atoms with Crippen LogP contribution >= 0.6 is 23.1 Å². The molecule has 2 heterocycles. The highest BCUT2D eigenvalue weighted by Crippen LogP contribution is 2.29. The summed E-state index contributed by atoms with van der Waals surface area (Å²) in [5.74, 6) is 0.841. The van der Waals surface area contributed by atoms with E-state index in [1.54, 1.807) is 21.0 Å². The van der Waals surface area contributed by atoms with E-state index in [2.05, 4.69) is 20.5 Å². The Kier molecular flexibility index (Phi) is 6.15. The van der Waals surface area contributed by atoms with Crippen LogP contribution in [0, 0.1) is 13.8 Å². The summed E-state index contributed by atoms with van der Waals surface area (Å²) in [6.07, 6.45) is 0. The van der Waals surface area contributed by atoms with Gasteiger partial charge in [0.2, 0.25) is 5.13 Å². The van der Waals surface area contributed by atoms with Gasteiger partial charge in [0.15, 0.2) is 15.9 Å². The zero-order chi connectivity index (χ0) is 20.3. The van der Waals surface area contributed by atoms with Crippen LogP contribution in [0.2, 0.25) is 0 Å². The van der Waals surface area contributed by atoms with Gasteiger partial charge >= 0.3 is 0 Å². The first-order valence-electron chi connectivity index (χ1n) is 8.49. The van der Waals surface area contributed by atoms with E-state index in [1.165, 1.54) is 30.0 Å². The molecule has 0 radical (unpaired) electrons. The maximum Gasteiger partial charge on any atom is 0.210 e. The van der Waals surface area contributed by atoms with E-state index in [-0.39, 0.29) is 17.3 Å². The maximum atomic E-state index is 12.6. The predicted octanol–water partition coefficient (Wildman–Crippen LogP) is 4.41. The van der Waals surface area contributed by atoms with Crippen molar-refractivity contribution in [1.82, 2.24) is 15.2 Å². The molecule has 0 amide bonds. The fourth-order valence-electron chi connectivity index (χ4n) is 2.90. The number of nitrogens with one attached hydrogen (secondary N) is 2. The molecule has 7 nitrogen and oxygen atoms in total. The van der Waals surface area contributed by atoms with Crippen LogP contribution in [-0.4, -0.2) is 39.6 Å². The highest BCUT2D eigenvalue weighted by atomic mass is 32.2. The maximum absolute atomic E-state index is 12.6. The minimum absolute atomic E-state index is 0.0460. The van der Waals surface area contributed by atoms with E-state index >= 15 is 0 Å². The largest absolute Gasteiger partial charge is 0.497 e. The molecule has 0 saturated carbocycles. The number of thioether (sulfide) groups is 1. The number of carbonyl (C=O) groups is 2. The lowest BCUT2D eigenvalue weighted by atomic mass is 10.1. The fraction of sp³-hybridized carbons (Fsp3) is 0.263. The quantitative estimate of drug-likeness (QED) is 0.414. The number of rotatable bonds is 8. The van der Waals surface area contributed by atoms with E-state index in [0.717, 1.165) is 17.1 Å². The van der Waals surface area contributed by atoms with Crippen LogP contribution in [0.15, 0.2) is 28.6 Å². The number of carbonyl (C=O) groups excluding carboxylic acids is 2. The van der Waals surface area contributed by atoms with Gasteiger partial charge < -0.3 is 15.0 Å². The molecule has 28 heavy (non-hydrogen) atoms. The lowest BCUT2D eigenvalue weighted by Crippen LogP contribution is -2.05. The lowest BCUT2D eigenvalue weighted by Gasteiger charge is -2.04. The molecule has 0 saturated heterocycles. The van der Waals surface area contributed by atoms with Gasteiger partial charge in [-0.3, -0.25) is 9.59 Å². The van der Waals surface area contributed by atoms with E-state index in [1.807, 2.05) is 24.3 Å². The summed E-state index contributed by atoms with van der Waals surface area (Å²) in [6, 6.07) is 7.51. The van der Waals surface area contributed by atoms with Gasteiger partial charge in [0.05, 0.1) is 18.6 Å². The van der Waals surface area contributed by atoms with Crippen LogP contribution in [0.4, 0.5) is 10.8 Å². The summed E-state index contributed by atoms with van der Waals surface area (Å²) in [7, 11) is 1.61. The first-order chi connectivity index (χ1) is 13.4. The molecule has 0 aliphatic carbocycles. The first-order valence-corrected chi connectivity index (χ1v) is 10.3. The molecular formula is C19H20N4O3S2. The highest BCUT2D eigenvalue weighted by molar-refractivity contribution is 8.01. The van der Waals surface area contributed by atoms with Crippen molar-refractivity contribution in [2.75, 3.05) is 18.2 Å². The number of aryl methyl sites for hydroxylation is 1. The first kappa shape index (κ1) is 20.1. The van der Waals surface area contributed by atoms with Crippen molar-refractivity contribution in [3.05, 3.63) is 46.8 Å². The number of ether oxygens (including phenoxy) is 1. The molecule has 0 aliphatic rings. The average molecular weight is 417 g/mol. The molecule has 1 aromatic carbocycles. The van der Waals surface area contributed by atoms with Gasteiger partial charge in [-0.25, -0.2) is 0 Å². The number of anilines is 2. The van der Waals surface area contributed by atoms with Gasteiger partial charge in [0.1, 0.15) is 5.75 Å². The second kappa shape index (κ2) is 8.57. The summed E-state index contributed by atoms with van der Waals surface area (Å²) in [5, 5.41) is 12.0. The van der Waals surface area contributed by atoms with Crippen LogP contribution in [-0.2, 0) is 0 Å². The lowest BCUT2D eigenvalue weighted by molar-refractivity contribution is 0.101. The summed E-state index contributed by atoms with van der Waals surface area (Å²) < 4.78 is 5.89. The molecule has 0 bridgehead atoms. The molecule has 9 heteroatoms. The molecule has 0 fully saturated rings. The summed E-state index contributed by atoms with van der Waals surface area (Å²) in [4.78, 5) is 27.3. The summed E-state index contributed by atoms with van der Waals surface area (Å²) >= 11 is 2.69. The zero-order valence-electron chi connectivity index (χ0n) is 16.0. The van der Waals surface area contributed by atoms with Gasteiger partial charge in [-0.15, -0.1) is 10.2 Å². The van der Waals surface area contributed by atoms with Crippen molar-refractivity contribution in [2.24, 2.45) is 0 Å². The highest BCUT2D eigenvalue weighted by Gasteiger charge is 2.20. The van der Waals surface area contributed by atoms with E-state index in [9.17, 15) is 9.59 Å². The third-order valence-corrected chi connectivity index (χ3v) is 6.09. The van der Waals surface area contributed by atoms with Gasteiger partial charge in [-0.05, 0) is 38.5 Å².